The Hall–Kier alpha value is -5.19. The summed E-state index contributed by atoms with van der Waals surface area (Å²) in [4.78, 5) is 29.3. The summed E-state index contributed by atoms with van der Waals surface area (Å²) < 4.78 is 36.1. The van der Waals surface area contributed by atoms with Crippen molar-refractivity contribution in [3.63, 3.8) is 0 Å². The number of carbonyl (C=O) groups is 2. The maximum atomic E-state index is 13.9. The van der Waals surface area contributed by atoms with Gasteiger partial charge in [-0.2, -0.15) is 0 Å². The Morgan fingerprint density at radius 1 is 1.08 bits per heavy atom. The van der Waals surface area contributed by atoms with Crippen molar-refractivity contribution < 1.29 is 27.9 Å². The molecule has 0 fully saturated rings. The van der Waals surface area contributed by atoms with E-state index in [4.69, 9.17) is 15.9 Å². The number of nitrogens with one attached hydrogen (secondary N) is 6. The fourth-order valence-corrected chi connectivity index (χ4v) is 7.61. The van der Waals surface area contributed by atoms with E-state index in [0.717, 1.165) is 58.9 Å². The van der Waals surface area contributed by atoms with E-state index in [1.54, 1.807) is 11.4 Å². The topological polar surface area (TPSA) is 221 Å². The first-order valence-corrected chi connectivity index (χ1v) is 18.8. The van der Waals surface area contributed by atoms with Gasteiger partial charge in [0, 0.05) is 32.3 Å². The van der Waals surface area contributed by atoms with Gasteiger partial charge < -0.3 is 36.8 Å². The molecule has 9 N–H and O–H groups in total. The van der Waals surface area contributed by atoms with Gasteiger partial charge in [0.15, 0.2) is 5.96 Å². The maximum Gasteiger partial charge on any atom is 0.326 e. The molecule has 2 aromatic heterocycles. The van der Waals surface area contributed by atoms with Crippen LogP contribution in [-0.2, 0) is 27.8 Å². The van der Waals surface area contributed by atoms with Crippen molar-refractivity contribution in [1.82, 2.24) is 20.9 Å². The average molecular weight is 735 g/mol. The highest BCUT2D eigenvalue weighted by molar-refractivity contribution is 7.92. The zero-order valence-electron chi connectivity index (χ0n) is 28.1. The summed E-state index contributed by atoms with van der Waals surface area (Å²) in [5, 5.41) is 30.2. The SMILES string of the molecule is Cc1ccc(NCCCNCc2cccc(-c3cc4c(c(S(=O)(=O)Nc5ccsc5C(=O)N[C@@H](CCCNC(=N)N)C(=O)O)c3)OCC4)c2)nc1. The summed E-state index contributed by atoms with van der Waals surface area (Å²) in [6.45, 7) is 4.82. The molecule has 0 saturated carbocycles. The van der Waals surface area contributed by atoms with Crippen LogP contribution in [0.2, 0.25) is 0 Å². The first-order chi connectivity index (χ1) is 24.5. The van der Waals surface area contributed by atoms with Crippen LogP contribution < -0.4 is 36.5 Å². The lowest BCUT2D eigenvalue weighted by Crippen LogP contribution is -2.41. The van der Waals surface area contributed by atoms with Crippen molar-refractivity contribution in [3.8, 4) is 16.9 Å². The first kappa shape index (κ1) is 37.1. The molecule has 1 aliphatic rings. The standard InChI is InChI=1S/C35H42N8O6S2/c1-22-8-9-30(41-20-22)39-14-4-12-38-21-23-5-2-6-24(17-23)26-18-25-10-15-49-31(25)29(19-26)51(47,48)43-27-11-16-50-32(27)33(44)42-28(34(45)46)7-3-13-40-35(36)37/h2,5-6,8-9,11,16-20,28,38,43H,3-4,7,10,12-15,21H2,1H3,(H,39,41)(H,42,44)(H,45,46)(H4,36,37,40)/t28-/m0/s1. The van der Waals surface area contributed by atoms with Gasteiger partial charge in [-0.05, 0) is 96.3 Å². The quantitative estimate of drug-likeness (QED) is 0.0416. The summed E-state index contributed by atoms with van der Waals surface area (Å²) in [6, 6.07) is 15.6. The number of carboxylic acids is 1. The van der Waals surface area contributed by atoms with Crippen LogP contribution in [0.25, 0.3) is 11.1 Å². The molecule has 0 spiro atoms. The van der Waals surface area contributed by atoms with Gasteiger partial charge in [0.2, 0.25) is 0 Å². The fraction of sp³-hybridized carbons (Fsp3) is 0.314. The monoisotopic (exact) mass is 734 g/mol. The van der Waals surface area contributed by atoms with E-state index in [0.29, 0.717) is 31.6 Å². The third kappa shape index (κ3) is 10.2. The number of rotatable bonds is 18. The third-order valence-electron chi connectivity index (χ3n) is 8.08. The number of nitrogens with zero attached hydrogens (tertiary/aromatic N) is 1. The molecule has 16 heteroatoms. The number of sulfonamides is 1. The number of hydrogen-bond donors (Lipinski definition) is 8. The molecule has 0 radical (unpaired) electrons. The highest BCUT2D eigenvalue weighted by Crippen LogP contribution is 2.39. The number of carbonyl (C=O) groups excluding carboxylic acids is 1. The van der Waals surface area contributed by atoms with Gasteiger partial charge in [-0.1, -0.05) is 24.3 Å². The number of aryl methyl sites for hydroxylation is 1. The number of pyridine rings is 1. The highest BCUT2D eigenvalue weighted by Gasteiger charge is 2.29. The number of aliphatic carboxylic acids is 1. The molecule has 2 aromatic carbocycles. The second kappa shape index (κ2) is 17.2. The second-order valence-corrected chi connectivity index (χ2v) is 14.6. The smallest absolute Gasteiger partial charge is 0.326 e. The van der Waals surface area contributed by atoms with E-state index in [1.165, 1.54) is 6.07 Å². The van der Waals surface area contributed by atoms with Crippen LogP contribution in [0.3, 0.4) is 0 Å². The zero-order valence-corrected chi connectivity index (χ0v) is 29.8. The van der Waals surface area contributed by atoms with Crippen molar-refractivity contribution in [2.24, 2.45) is 5.73 Å². The number of hydrogen-bond acceptors (Lipinski definition) is 10. The minimum atomic E-state index is -4.25. The Morgan fingerprint density at radius 3 is 2.69 bits per heavy atom. The summed E-state index contributed by atoms with van der Waals surface area (Å²) in [5.74, 6) is -1.09. The number of guanidine groups is 1. The minimum absolute atomic E-state index is 0.0169. The number of carboxylic acid groups (broad SMARTS) is 1. The second-order valence-electron chi connectivity index (χ2n) is 12.1. The molecule has 51 heavy (non-hydrogen) atoms. The molecule has 1 aliphatic heterocycles. The molecular weight excluding hydrogens is 693 g/mol. The van der Waals surface area contributed by atoms with Crippen LogP contribution in [-0.4, -0.2) is 68.6 Å². The molecule has 1 amide bonds. The molecule has 14 nitrogen and oxygen atoms in total. The predicted molar refractivity (Wildman–Crippen MR) is 198 cm³/mol. The van der Waals surface area contributed by atoms with Crippen molar-refractivity contribution in [2.75, 3.05) is 36.3 Å². The average Bonchev–Trinajstić information content (AvgIpc) is 3.77. The molecule has 0 bridgehead atoms. The Morgan fingerprint density at radius 2 is 1.92 bits per heavy atom. The number of thiophene rings is 1. The highest BCUT2D eigenvalue weighted by atomic mass is 32.2. The largest absolute Gasteiger partial charge is 0.492 e. The zero-order chi connectivity index (χ0) is 36.4. The van der Waals surface area contributed by atoms with Crippen LogP contribution in [0.4, 0.5) is 11.5 Å². The molecule has 270 valence electrons. The first-order valence-electron chi connectivity index (χ1n) is 16.5. The third-order valence-corrected chi connectivity index (χ3v) is 10.4. The summed E-state index contributed by atoms with van der Waals surface area (Å²) in [6.07, 6.45) is 3.68. The maximum absolute atomic E-state index is 13.9. The number of fused-ring (bicyclic) bond motifs is 1. The van der Waals surface area contributed by atoms with Crippen molar-refractivity contribution in [1.29, 1.82) is 5.41 Å². The number of aromatic nitrogens is 1. The van der Waals surface area contributed by atoms with E-state index in [-0.39, 0.29) is 40.1 Å². The fourth-order valence-electron chi connectivity index (χ4n) is 5.51. The van der Waals surface area contributed by atoms with Crippen molar-refractivity contribution >= 4 is 50.7 Å². The Bertz CT molecular complexity index is 1970. The number of amides is 1. The summed E-state index contributed by atoms with van der Waals surface area (Å²) >= 11 is 0.984. The van der Waals surface area contributed by atoms with Crippen LogP contribution in [0.1, 0.15) is 45.6 Å². The molecule has 5 rings (SSSR count). The summed E-state index contributed by atoms with van der Waals surface area (Å²) in [5.41, 5.74) is 9.77. The minimum Gasteiger partial charge on any atom is -0.492 e. The van der Waals surface area contributed by atoms with E-state index in [9.17, 15) is 23.1 Å². The number of benzene rings is 2. The molecule has 0 saturated heterocycles. The lowest BCUT2D eigenvalue weighted by molar-refractivity contribution is -0.139. The predicted octanol–water partition coefficient (Wildman–Crippen LogP) is 3.89. The molecule has 0 aliphatic carbocycles. The lowest BCUT2D eigenvalue weighted by atomic mass is 10.00. The van der Waals surface area contributed by atoms with Crippen LogP contribution in [0.5, 0.6) is 5.75 Å². The summed E-state index contributed by atoms with van der Waals surface area (Å²) in [7, 11) is -4.25. The van der Waals surface area contributed by atoms with Crippen LogP contribution >= 0.6 is 11.3 Å². The number of nitrogens with two attached hydrogens (primary N) is 1. The molecular formula is C35H42N8O6S2. The Labute approximate surface area is 300 Å². The normalized spacial score (nSPS) is 12.7. The Balaban J connectivity index is 1.25. The van der Waals surface area contributed by atoms with Gasteiger partial charge in [-0.3, -0.25) is 14.9 Å². The number of ether oxygens (including phenoxy) is 1. The molecule has 1 atom stereocenters. The molecule has 3 heterocycles. The van der Waals surface area contributed by atoms with Crippen LogP contribution in [0.15, 0.2) is 71.1 Å². The van der Waals surface area contributed by atoms with E-state index in [2.05, 4.69) is 31.0 Å². The number of anilines is 2. The lowest BCUT2D eigenvalue weighted by Gasteiger charge is -2.16. The van der Waals surface area contributed by atoms with Crippen LogP contribution in [0, 0.1) is 12.3 Å². The van der Waals surface area contributed by atoms with Gasteiger partial charge in [-0.25, -0.2) is 18.2 Å². The van der Waals surface area contributed by atoms with E-state index in [1.807, 2.05) is 55.6 Å². The van der Waals surface area contributed by atoms with Gasteiger partial charge in [0.05, 0.1) is 12.3 Å². The van der Waals surface area contributed by atoms with E-state index < -0.39 is 27.9 Å². The van der Waals surface area contributed by atoms with Gasteiger partial charge in [0.1, 0.15) is 27.4 Å². The van der Waals surface area contributed by atoms with Gasteiger partial charge >= 0.3 is 5.97 Å². The van der Waals surface area contributed by atoms with Crippen molar-refractivity contribution in [2.45, 2.75) is 50.1 Å². The van der Waals surface area contributed by atoms with E-state index >= 15 is 0 Å². The molecule has 0 unspecified atom stereocenters. The van der Waals surface area contributed by atoms with Crippen molar-refractivity contribution in [3.05, 3.63) is 87.7 Å². The van der Waals surface area contributed by atoms with Gasteiger partial charge in [0.25, 0.3) is 15.9 Å². The Kier molecular flexibility index (Phi) is 12.5. The molecule has 4 aromatic rings. The van der Waals surface area contributed by atoms with Gasteiger partial charge in [-0.15, -0.1) is 11.3 Å².